The summed E-state index contributed by atoms with van der Waals surface area (Å²) in [6, 6.07) is 9.56. The fourth-order valence-electron chi connectivity index (χ4n) is 6.55. The lowest BCUT2D eigenvalue weighted by atomic mass is 9.83. The van der Waals surface area contributed by atoms with Gasteiger partial charge in [-0.25, -0.2) is 4.98 Å². The maximum absolute atomic E-state index is 13.9. The number of hydrogen-bond donors (Lipinski definition) is 2. The third-order valence-electron chi connectivity index (χ3n) is 9.59. The topological polar surface area (TPSA) is 118 Å². The van der Waals surface area contributed by atoms with Crippen molar-refractivity contribution in [2.24, 2.45) is 23.7 Å². The predicted molar refractivity (Wildman–Crippen MR) is 192 cm³/mol. The van der Waals surface area contributed by atoms with Gasteiger partial charge in [0.25, 0.3) is 5.91 Å². The molecule has 1 saturated heterocycles. The average Bonchev–Trinajstić information content (AvgIpc) is 3.53. The number of hydrogen-bond acceptors (Lipinski definition) is 8. The number of rotatable bonds is 18. The molecule has 2 N–H and O–H groups in total. The molecule has 1 aromatic heterocycles. The highest BCUT2D eigenvalue weighted by Crippen LogP contribution is 2.30. The Bertz CT molecular complexity index is 1330. The number of likely N-dealkylation sites (N-methyl/N-ethyl adjacent to an activating group) is 1. The predicted octanol–water partition coefficient (Wildman–Crippen LogP) is 6.77. The average molecular weight is 683 g/mol. The number of nitrogens with one attached hydrogen (secondary N) is 2. The Morgan fingerprint density at radius 2 is 1.73 bits per heavy atom. The highest BCUT2D eigenvalue weighted by Gasteiger charge is 2.35. The zero-order chi connectivity index (χ0) is 35.4. The van der Waals surface area contributed by atoms with Gasteiger partial charge in [-0.2, -0.15) is 0 Å². The van der Waals surface area contributed by atoms with Gasteiger partial charge in [-0.3, -0.25) is 24.1 Å². The number of ether oxygens (including phenoxy) is 1. The van der Waals surface area contributed by atoms with E-state index in [2.05, 4.69) is 46.5 Å². The summed E-state index contributed by atoms with van der Waals surface area (Å²) in [5, 5.41) is 8.60. The maximum atomic E-state index is 13.9. The number of nitrogens with zero attached hydrogens (tertiary/aromatic N) is 2. The Balaban J connectivity index is 1.74. The monoisotopic (exact) mass is 682 g/mol. The van der Waals surface area contributed by atoms with E-state index in [0.717, 1.165) is 44.2 Å². The maximum Gasteiger partial charge on any atom is 0.303 e. The number of aromatic nitrogens is 1. The van der Waals surface area contributed by atoms with Crippen LogP contribution in [0, 0.1) is 23.7 Å². The lowest BCUT2D eigenvalue weighted by Crippen LogP contribution is -2.47. The van der Waals surface area contributed by atoms with Crippen LogP contribution < -0.4 is 10.6 Å². The second-order valence-electron chi connectivity index (χ2n) is 14.4. The molecule has 0 aliphatic carbocycles. The molecule has 1 aliphatic heterocycles. The minimum Gasteiger partial charge on any atom is -0.455 e. The summed E-state index contributed by atoms with van der Waals surface area (Å²) in [4.78, 5) is 59.6. The first-order chi connectivity index (χ1) is 22.8. The van der Waals surface area contributed by atoms with E-state index in [1.54, 1.807) is 5.38 Å². The van der Waals surface area contributed by atoms with Crippen LogP contribution in [0.15, 0.2) is 35.7 Å². The van der Waals surface area contributed by atoms with Crippen LogP contribution >= 0.6 is 11.3 Å². The van der Waals surface area contributed by atoms with E-state index < -0.39 is 18.0 Å². The Morgan fingerprint density at radius 1 is 1.02 bits per heavy atom. The van der Waals surface area contributed by atoms with E-state index >= 15 is 0 Å². The van der Waals surface area contributed by atoms with Gasteiger partial charge in [-0.05, 0) is 62.6 Å². The zero-order valence-corrected chi connectivity index (χ0v) is 31.1. The van der Waals surface area contributed by atoms with Crippen molar-refractivity contribution in [3.8, 4) is 0 Å². The van der Waals surface area contributed by atoms with Crippen LogP contribution in [0.5, 0.6) is 0 Å². The molecule has 0 spiro atoms. The van der Waals surface area contributed by atoms with Crippen molar-refractivity contribution in [1.82, 2.24) is 20.5 Å². The smallest absolute Gasteiger partial charge is 0.303 e. The number of benzene rings is 1. The Labute approximate surface area is 292 Å². The number of amides is 2. The van der Waals surface area contributed by atoms with E-state index in [-0.39, 0.29) is 59.7 Å². The fraction of sp³-hybridized carbons (Fsp3) is 0.658. The quantitative estimate of drug-likeness (QED) is 0.167. The van der Waals surface area contributed by atoms with Crippen molar-refractivity contribution >= 4 is 34.9 Å². The van der Waals surface area contributed by atoms with E-state index in [1.165, 1.54) is 18.3 Å². The zero-order valence-electron chi connectivity index (χ0n) is 30.3. The SMILES string of the molecule is CC[C@H](C)[C@H](CC(=O)[C@H]1CCCCN1C)C(=O)N[C@H](C[C@@H](OC(C)=O)c1nc(C(=O)N[C@@H](Cc2ccccc2)CC(C)C)cs1)C(C)C. The van der Waals surface area contributed by atoms with Crippen molar-refractivity contribution in [3.63, 3.8) is 0 Å². The van der Waals surface area contributed by atoms with Gasteiger partial charge in [0.2, 0.25) is 5.91 Å². The first-order valence-electron chi connectivity index (χ1n) is 17.8. The summed E-state index contributed by atoms with van der Waals surface area (Å²) >= 11 is 1.27. The molecular formula is C38H58N4O5S. The molecule has 9 nitrogen and oxygen atoms in total. The lowest BCUT2D eigenvalue weighted by Gasteiger charge is -2.33. The number of carbonyl (C=O) groups excluding carboxylic acids is 4. The molecule has 2 heterocycles. The molecule has 3 rings (SSSR count). The van der Waals surface area contributed by atoms with Gasteiger partial charge in [-0.1, -0.05) is 84.7 Å². The number of ketones is 1. The molecular weight excluding hydrogens is 625 g/mol. The van der Waals surface area contributed by atoms with E-state index in [4.69, 9.17) is 4.74 Å². The summed E-state index contributed by atoms with van der Waals surface area (Å²) in [6.07, 6.45) is 5.04. The van der Waals surface area contributed by atoms with Crippen LogP contribution in [-0.2, 0) is 25.5 Å². The largest absolute Gasteiger partial charge is 0.455 e. The van der Waals surface area contributed by atoms with Gasteiger partial charge in [0, 0.05) is 43.1 Å². The molecule has 0 saturated carbocycles. The third-order valence-corrected chi connectivity index (χ3v) is 10.5. The van der Waals surface area contributed by atoms with Gasteiger partial charge in [-0.15, -0.1) is 11.3 Å². The fourth-order valence-corrected chi connectivity index (χ4v) is 7.39. The van der Waals surface area contributed by atoms with Crippen LogP contribution in [-0.4, -0.2) is 65.2 Å². The van der Waals surface area contributed by atoms with Gasteiger partial charge in [0.15, 0.2) is 11.9 Å². The number of esters is 1. The van der Waals surface area contributed by atoms with E-state index in [9.17, 15) is 19.2 Å². The summed E-state index contributed by atoms with van der Waals surface area (Å²) in [6.45, 7) is 14.6. The van der Waals surface area contributed by atoms with Crippen LogP contribution in [0.3, 0.4) is 0 Å². The number of piperidine rings is 1. The van der Waals surface area contributed by atoms with Crippen molar-refractivity contribution in [2.45, 2.75) is 124 Å². The first kappa shape index (κ1) is 39.3. The molecule has 1 aliphatic rings. The van der Waals surface area contributed by atoms with Crippen molar-refractivity contribution in [2.75, 3.05) is 13.6 Å². The molecule has 6 atom stereocenters. The molecule has 0 bridgehead atoms. The van der Waals surface area contributed by atoms with Crippen LogP contribution in [0.4, 0.5) is 0 Å². The minimum atomic E-state index is -0.739. The Morgan fingerprint density at radius 3 is 2.33 bits per heavy atom. The Hall–Kier alpha value is -3.11. The van der Waals surface area contributed by atoms with Gasteiger partial charge in [0.1, 0.15) is 10.7 Å². The number of thiazole rings is 1. The number of likely N-dealkylation sites (tertiary alicyclic amines) is 1. The molecule has 48 heavy (non-hydrogen) atoms. The van der Waals surface area contributed by atoms with Gasteiger partial charge >= 0.3 is 5.97 Å². The summed E-state index contributed by atoms with van der Waals surface area (Å²) in [7, 11) is 1.99. The molecule has 1 aromatic carbocycles. The van der Waals surface area contributed by atoms with Crippen LogP contribution in [0.25, 0.3) is 0 Å². The molecule has 0 radical (unpaired) electrons. The first-order valence-corrected chi connectivity index (χ1v) is 18.7. The van der Waals surface area contributed by atoms with E-state index in [1.807, 2.05) is 52.9 Å². The van der Waals surface area contributed by atoms with Crippen molar-refractivity contribution in [3.05, 3.63) is 52.0 Å². The van der Waals surface area contributed by atoms with Crippen molar-refractivity contribution in [1.29, 1.82) is 0 Å². The molecule has 2 amide bonds. The van der Waals surface area contributed by atoms with E-state index in [0.29, 0.717) is 23.8 Å². The van der Waals surface area contributed by atoms with Crippen molar-refractivity contribution < 1.29 is 23.9 Å². The third kappa shape index (κ3) is 12.1. The number of carbonyl (C=O) groups is 4. The molecule has 2 aromatic rings. The van der Waals surface area contributed by atoms with Gasteiger partial charge < -0.3 is 15.4 Å². The summed E-state index contributed by atoms with van der Waals surface area (Å²) < 4.78 is 5.76. The lowest BCUT2D eigenvalue weighted by molar-refractivity contribution is -0.147. The standard InChI is InChI=1S/C38H58N4O5S/c1-9-26(6)30(21-34(44)33-17-13-14-18-42(33)8)36(45)40-31(25(4)5)22-35(47-27(7)43)38-41-32(23-48-38)37(46)39-29(19-24(2)3)20-28-15-11-10-12-16-28/h10-12,15-16,23-26,29-31,33,35H,9,13-14,17-22H2,1-8H3,(H,39,46)(H,40,45)/t26-,29+,30-,31+,33+,35+/m0/s1. The molecule has 266 valence electrons. The van der Waals surface area contributed by atoms with Gasteiger partial charge in [0.05, 0.1) is 6.04 Å². The highest BCUT2D eigenvalue weighted by atomic mass is 32.1. The molecule has 0 unspecified atom stereocenters. The van der Waals surface area contributed by atoms with Crippen LogP contribution in [0.2, 0.25) is 0 Å². The normalized spacial score (nSPS) is 18.5. The summed E-state index contributed by atoms with van der Waals surface area (Å²) in [5.41, 5.74) is 1.43. The second kappa shape index (κ2) is 19.2. The Kier molecular flexibility index (Phi) is 15.7. The van der Waals surface area contributed by atoms with Crippen LogP contribution in [0.1, 0.15) is 121 Å². The second-order valence-corrected chi connectivity index (χ2v) is 15.3. The highest BCUT2D eigenvalue weighted by molar-refractivity contribution is 7.09. The number of Topliss-reactive ketones (excluding diaryl/α,β-unsaturated/α-hetero) is 1. The molecule has 10 heteroatoms. The summed E-state index contributed by atoms with van der Waals surface area (Å²) in [5.74, 6) is -0.753. The molecule has 1 fully saturated rings. The minimum absolute atomic E-state index is 0.0160.